The maximum Gasteiger partial charge on any atom is 0.243 e. The summed E-state index contributed by atoms with van der Waals surface area (Å²) >= 11 is 0. The van der Waals surface area contributed by atoms with Gasteiger partial charge in [-0.05, 0) is 42.2 Å². The Morgan fingerprint density at radius 3 is 1.88 bits per heavy atom. The highest BCUT2D eigenvalue weighted by Crippen LogP contribution is 2.26. The first-order valence-corrected chi connectivity index (χ1v) is 14.4. The lowest BCUT2D eigenvalue weighted by Crippen LogP contribution is -2.53. The maximum absolute atomic E-state index is 13.0. The van der Waals surface area contributed by atoms with E-state index in [9.17, 15) is 21.6 Å². The molecule has 2 aromatic carbocycles. The van der Waals surface area contributed by atoms with Crippen LogP contribution in [0.2, 0.25) is 0 Å². The third-order valence-electron chi connectivity index (χ3n) is 5.95. The van der Waals surface area contributed by atoms with Crippen LogP contribution in [0.1, 0.15) is 31.9 Å². The molecule has 1 heterocycles. The minimum atomic E-state index is -3.69. The topological polar surface area (TPSA) is 95.1 Å². The fraction of sp³-hybridized carbons (Fsp3) is 0.458. The molecule has 8 nitrogen and oxygen atoms in total. The number of piperazine rings is 1. The smallest absolute Gasteiger partial charge is 0.243 e. The summed E-state index contributed by atoms with van der Waals surface area (Å²) in [6, 6.07) is 13.8. The second-order valence-corrected chi connectivity index (χ2v) is 13.5. The van der Waals surface area contributed by atoms with Crippen LogP contribution >= 0.6 is 0 Å². The lowest BCUT2D eigenvalue weighted by Gasteiger charge is -2.35. The molecule has 34 heavy (non-hydrogen) atoms. The molecule has 3 rings (SSSR count). The number of nitrogens with zero attached hydrogens (tertiary/aromatic N) is 3. The summed E-state index contributed by atoms with van der Waals surface area (Å²) in [7, 11) is -7.34. The van der Waals surface area contributed by atoms with Crippen LogP contribution in [0.3, 0.4) is 0 Å². The van der Waals surface area contributed by atoms with Gasteiger partial charge >= 0.3 is 0 Å². The lowest BCUT2D eigenvalue weighted by molar-refractivity contribution is -0.130. The van der Waals surface area contributed by atoms with Crippen LogP contribution in [-0.2, 0) is 30.3 Å². The number of hydrogen-bond acceptors (Lipinski definition) is 5. The van der Waals surface area contributed by atoms with Crippen LogP contribution < -0.4 is 4.31 Å². The van der Waals surface area contributed by atoms with Gasteiger partial charge in [0.2, 0.25) is 26.0 Å². The van der Waals surface area contributed by atoms with Crippen LogP contribution in [0.15, 0.2) is 53.4 Å². The zero-order valence-electron chi connectivity index (χ0n) is 20.4. The molecular formula is C24H33N3O5S2. The molecule has 0 aromatic heterocycles. The summed E-state index contributed by atoms with van der Waals surface area (Å²) < 4.78 is 53.2. The van der Waals surface area contributed by atoms with Gasteiger partial charge in [0.15, 0.2) is 0 Å². The largest absolute Gasteiger partial charge is 0.338 e. The number of carbonyl (C=O) groups excluding carboxylic acids is 1. The minimum absolute atomic E-state index is 0.0805. The normalized spacial score (nSPS) is 15.9. The Bertz CT molecular complexity index is 1230. The average molecular weight is 508 g/mol. The van der Waals surface area contributed by atoms with E-state index in [-0.39, 0.29) is 48.9 Å². The summed E-state index contributed by atoms with van der Waals surface area (Å²) in [5, 5.41) is 0. The van der Waals surface area contributed by atoms with E-state index < -0.39 is 20.0 Å². The van der Waals surface area contributed by atoms with Gasteiger partial charge in [-0.2, -0.15) is 4.31 Å². The van der Waals surface area contributed by atoms with Crippen molar-refractivity contribution in [1.29, 1.82) is 0 Å². The number of carbonyl (C=O) groups is 1. The number of benzene rings is 2. The first-order valence-electron chi connectivity index (χ1n) is 11.1. The summed E-state index contributed by atoms with van der Waals surface area (Å²) in [5.41, 5.74) is 2.37. The van der Waals surface area contributed by atoms with Crippen LogP contribution in [-0.4, -0.2) is 70.9 Å². The Morgan fingerprint density at radius 2 is 1.41 bits per heavy atom. The van der Waals surface area contributed by atoms with E-state index in [2.05, 4.69) is 20.8 Å². The molecule has 0 unspecified atom stereocenters. The van der Waals surface area contributed by atoms with Gasteiger partial charge in [0.1, 0.15) is 6.54 Å². The van der Waals surface area contributed by atoms with E-state index in [1.807, 2.05) is 19.1 Å². The molecule has 0 N–H and O–H groups in total. The van der Waals surface area contributed by atoms with Gasteiger partial charge in [-0.15, -0.1) is 0 Å². The van der Waals surface area contributed by atoms with Crippen LogP contribution in [0, 0.1) is 6.92 Å². The van der Waals surface area contributed by atoms with Crippen molar-refractivity contribution >= 4 is 31.6 Å². The predicted molar refractivity (Wildman–Crippen MR) is 134 cm³/mol. The predicted octanol–water partition coefficient (Wildman–Crippen LogP) is 2.59. The van der Waals surface area contributed by atoms with Crippen molar-refractivity contribution in [2.75, 3.05) is 43.3 Å². The van der Waals surface area contributed by atoms with Crippen molar-refractivity contribution < 1.29 is 21.6 Å². The molecule has 0 aliphatic carbocycles. The lowest BCUT2D eigenvalue weighted by atomic mass is 9.87. The van der Waals surface area contributed by atoms with Crippen LogP contribution in [0.4, 0.5) is 5.69 Å². The number of aryl methyl sites for hydroxylation is 1. The standard InChI is InChI=1S/C24H33N3O5S2/c1-19-6-12-22(13-7-19)34(31,32)26-16-14-25(15-17-26)23(28)18-27(33(5,29)30)21-10-8-20(9-11-21)24(2,3)4/h6-13H,14-18H2,1-5H3. The van der Waals surface area contributed by atoms with Gasteiger partial charge in [-0.1, -0.05) is 50.6 Å². The monoisotopic (exact) mass is 507 g/mol. The van der Waals surface area contributed by atoms with Crippen molar-refractivity contribution in [3.05, 3.63) is 59.7 Å². The molecular weight excluding hydrogens is 474 g/mol. The Hall–Kier alpha value is -2.43. The second kappa shape index (κ2) is 9.67. The van der Waals surface area contributed by atoms with Crippen LogP contribution in [0.25, 0.3) is 0 Å². The quantitative estimate of drug-likeness (QED) is 0.599. The van der Waals surface area contributed by atoms with Crippen LogP contribution in [0.5, 0.6) is 0 Å². The molecule has 0 atom stereocenters. The molecule has 0 saturated carbocycles. The molecule has 1 aliphatic heterocycles. The number of anilines is 1. The molecule has 0 radical (unpaired) electrons. The van der Waals surface area contributed by atoms with Gasteiger partial charge < -0.3 is 4.90 Å². The van der Waals surface area contributed by atoms with Crippen molar-refractivity contribution in [2.24, 2.45) is 0 Å². The highest BCUT2D eigenvalue weighted by molar-refractivity contribution is 7.92. The fourth-order valence-electron chi connectivity index (χ4n) is 3.79. The number of rotatable bonds is 6. The highest BCUT2D eigenvalue weighted by atomic mass is 32.2. The number of amides is 1. The molecule has 10 heteroatoms. The number of hydrogen-bond donors (Lipinski definition) is 0. The minimum Gasteiger partial charge on any atom is -0.338 e. The SMILES string of the molecule is Cc1ccc(S(=O)(=O)N2CCN(C(=O)CN(c3ccc(C(C)(C)C)cc3)S(C)(=O)=O)CC2)cc1. The Morgan fingerprint density at radius 1 is 0.882 bits per heavy atom. The molecule has 1 saturated heterocycles. The first-order chi connectivity index (χ1) is 15.7. The third kappa shape index (κ3) is 5.97. The second-order valence-electron chi connectivity index (χ2n) is 9.66. The maximum atomic E-state index is 13.0. The highest BCUT2D eigenvalue weighted by Gasteiger charge is 2.31. The van der Waals surface area contributed by atoms with Gasteiger partial charge in [-0.25, -0.2) is 16.8 Å². The van der Waals surface area contributed by atoms with Gasteiger partial charge in [0, 0.05) is 26.2 Å². The zero-order valence-corrected chi connectivity index (χ0v) is 22.0. The molecule has 2 aromatic rings. The Labute approximate surface area is 203 Å². The van der Waals surface area contributed by atoms with E-state index in [1.54, 1.807) is 36.4 Å². The van der Waals surface area contributed by atoms with E-state index in [0.717, 1.165) is 21.7 Å². The first kappa shape index (κ1) is 26.2. The van der Waals surface area contributed by atoms with Crippen molar-refractivity contribution in [2.45, 2.75) is 38.0 Å². The Kier molecular flexibility index (Phi) is 7.45. The van der Waals surface area contributed by atoms with E-state index in [4.69, 9.17) is 0 Å². The number of sulfonamides is 2. The molecule has 1 fully saturated rings. The molecule has 186 valence electrons. The zero-order chi connectivity index (χ0) is 25.3. The third-order valence-corrected chi connectivity index (χ3v) is 9.00. The van der Waals surface area contributed by atoms with Gasteiger partial charge in [-0.3, -0.25) is 9.10 Å². The van der Waals surface area contributed by atoms with E-state index >= 15 is 0 Å². The average Bonchev–Trinajstić information content (AvgIpc) is 2.76. The fourth-order valence-corrected chi connectivity index (χ4v) is 6.06. The van der Waals surface area contributed by atoms with Crippen molar-refractivity contribution in [3.8, 4) is 0 Å². The van der Waals surface area contributed by atoms with Gasteiger partial charge in [0.25, 0.3) is 0 Å². The molecule has 0 spiro atoms. The molecule has 1 amide bonds. The Balaban J connectivity index is 1.69. The molecule has 1 aliphatic rings. The summed E-state index contributed by atoms with van der Waals surface area (Å²) in [4.78, 5) is 14.7. The van der Waals surface area contributed by atoms with Gasteiger partial charge in [0.05, 0.1) is 16.8 Å². The summed E-state index contributed by atoms with van der Waals surface area (Å²) in [6.07, 6.45) is 1.07. The summed E-state index contributed by atoms with van der Waals surface area (Å²) in [6.45, 7) is 8.46. The van der Waals surface area contributed by atoms with E-state index in [0.29, 0.717) is 5.69 Å². The van der Waals surface area contributed by atoms with Crippen molar-refractivity contribution in [3.63, 3.8) is 0 Å². The van der Waals surface area contributed by atoms with Crippen molar-refractivity contribution in [1.82, 2.24) is 9.21 Å². The van der Waals surface area contributed by atoms with E-state index in [1.165, 1.54) is 9.21 Å². The molecule has 0 bridgehead atoms. The summed E-state index contributed by atoms with van der Waals surface area (Å²) in [5.74, 6) is -0.363.